The second-order valence-electron chi connectivity index (χ2n) is 6.04. The van der Waals surface area contributed by atoms with Gasteiger partial charge in [-0.2, -0.15) is 0 Å². The average molecular weight is 321 g/mol. The van der Waals surface area contributed by atoms with Crippen molar-refractivity contribution >= 4 is 21.6 Å². The largest absolute Gasteiger partial charge is 0.378 e. The standard InChI is InChI=1S/C15H17BrN2O/c1-19-15-6-4-14(10-15,5-7-15)12-9-17-13-11(16)3-2-8-18(12)13/h2-3,8-9H,4-7,10H2,1H3. The maximum absolute atomic E-state index is 5.81. The van der Waals surface area contributed by atoms with Crippen LogP contribution in [0.4, 0.5) is 0 Å². The van der Waals surface area contributed by atoms with Crippen molar-refractivity contribution in [2.24, 2.45) is 0 Å². The summed E-state index contributed by atoms with van der Waals surface area (Å²) in [5, 5.41) is 0. The van der Waals surface area contributed by atoms with Gasteiger partial charge in [0.15, 0.2) is 5.65 Å². The molecule has 2 bridgehead atoms. The Morgan fingerprint density at radius 1 is 1.32 bits per heavy atom. The van der Waals surface area contributed by atoms with Crippen molar-refractivity contribution in [1.29, 1.82) is 0 Å². The van der Waals surface area contributed by atoms with E-state index in [4.69, 9.17) is 4.74 Å². The lowest BCUT2D eigenvalue weighted by atomic mass is 9.81. The minimum absolute atomic E-state index is 0.135. The summed E-state index contributed by atoms with van der Waals surface area (Å²) < 4.78 is 9.12. The minimum Gasteiger partial charge on any atom is -0.378 e. The molecule has 0 atom stereocenters. The van der Waals surface area contributed by atoms with Gasteiger partial charge in [-0.15, -0.1) is 0 Å². The van der Waals surface area contributed by atoms with E-state index in [1.54, 1.807) is 0 Å². The van der Waals surface area contributed by atoms with Gasteiger partial charge in [-0.05, 0) is 60.2 Å². The number of imidazole rings is 1. The predicted octanol–water partition coefficient (Wildman–Crippen LogP) is 3.70. The summed E-state index contributed by atoms with van der Waals surface area (Å²) in [6.07, 6.45) is 10.2. The van der Waals surface area contributed by atoms with Gasteiger partial charge in [0.2, 0.25) is 0 Å². The number of aromatic nitrogens is 2. The summed E-state index contributed by atoms with van der Waals surface area (Å²) >= 11 is 3.58. The summed E-state index contributed by atoms with van der Waals surface area (Å²) in [5.41, 5.74) is 2.79. The highest BCUT2D eigenvalue weighted by atomic mass is 79.9. The maximum Gasteiger partial charge on any atom is 0.151 e. The van der Waals surface area contributed by atoms with Gasteiger partial charge >= 0.3 is 0 Å². The van der Waals surface area contributed by atoms with Crippen LogP contribution in [0.2, 0.25) is 0 Å². The SMILES string of the molecule is COC12CCC(c3cnc4c(Br)cccn34)(CC1)C2. The molecule has 100 valence electrons. The number of hydrogen-bond donors (Lipinski definition) is 0. The molecule has 4 heteroatoms. The molecule has 0 aliphatic heterocycles. The molecule has 0 radical (unpaired) electrons. The Morgan fingerprint density at radius 2 is 2.11 bits per heavy atom. The first-order chi connectivity index (χ1) is 9.18. The molecule has 3 nitrogen and oxygen atoms in total. The molecule has 0 unspecified atom stereocenters. The number of ether oxygens (including phenoxy) is 1. The first kappa shape index (κ1) is 11.9. The van der Waals surface area contributed by atoms with Crippen molar-refractivity contribution in [3.05, 3.63) is 34.7 Å². The van der Waals surface area contributed by atoms with Crippen LogP contribution in [0.15, 0.2) is 29.0 Å². The number of pyridine rings is 1. The zero-order valence-corrected chi connectivity index (χ0v) is 12.6. The van der Waals surface area contributed by atoms with E-state index in [-0.39, 0.29) is 11.0 Å². The van der Waals surface area contributed by atoms with E-state index in [1.807, 2.05) is 13.2 Å². The van der Waals surface area contributed by atoms with E-state index in [1.165, 1.54) is 31.4 Å². The van der Waals surface area contributed by atoms with Gasteiger partial charge in [0.05, 0.1) is 10.1 Å². The van der Waals surface area contributed by atoms with E-state index < -0.39 is 0 Å². The molecule has 0 spiro atoms. The third-order valence-electron chi connectivity index (χ3n) is 5.24. The molecule has 0 saturated heterocycles. The lowest BCUT2D eigenvalue weighted by Crippen LogP contribution is -2.24. The zero-order chi connectivity index (χ0) is 13.1. The fourth-order valence-electron chi connectivity index (χ4n) is 4.15. The van der Waals surface area contributed by atoms with E-state index in [0.29, 0.717) is 0 Å². The third kappa shape index (κ3) is 1.50. The molecule has 2 saturated carbocycles. The molecule has 0 aromatic carbocycles. The number of fused-ring (bicyclic) bond motifs is 3. The van der Waals surface area contributed by atoms with Crippen molar-refractivity contribution < 1.29 is 4.74 Å². The summed E-state index contributed by atoms with van der Waals surface area (Å²) in [4.78, 5) is 4.60. The van der Waals surface area contributed by atoms with Crippen LogP contribution in [-0.4, -0.2) is 22.1 Å². The Bertz CT molecular complexity index is 641. The molecule has 2 fully saturated rings. The van der Waals surface area contributed by atoms with Gasteiger partial charge < -0.3 is 9.14 Å². The lowest BCUT2D eigenvalue weighted by Gasteiger charge is -2.26. The fraction of sp³-hybridized carbons (Fsp3) is 0.533. The second kappa shape index (κ2) is 3.83. The summed E-state index contributed by atoms with van der Waals surface area (Å²) in [6.45, 7) is 0. The van der Waals surface area contributed by atoms with Gasteiger partial charge in [0.25, 0.3) is 0 Å². The van der Waals surface area contributed by atoms with Gasteiger partial charge in [-0.25, -0.2) is 4.98 Å². The van der Waals surface area contributed by atoms with Crippen LogP contribution in [0.3, 0.4) is 0 Å². The quantitative estimate of drug-likeness (QED) is 0.843. The average Bonchev–Trinajstić information content (AvgIpc) is 3.11. The normalized spacial score (nSPS) is 33.4. The number of nitrogens with zero attached hydrogens (tertiary/aromatic N) is 2. The first-order valence-electron chi connectivity index (χ1n) is 6.85. The fourth-order valence-corrected chi connectivity index (χ4v) is 4.59. The highest BCUT2D eigenvalue weighted by Gasteiger charge is 2.56. The molecule has 2 heterocycles. The smallest absolute Gasteiger partial charge is 0.151 e. The van der Waals surface area contributed by atoms with E-state index >= 15 is 0 Å². The predicted molar refractivity (Wildman–Crippen MR) is 77.4 cm³/mol. The number of halogens is 1. The van der Waals surface area contributed by atoms with Crippen LogP contribution < -0.4 is 0 Å². The molecule has 19 heavy (non-hydrogen) atoms. The Hall–Kier alpha value is -0.870. The van der Waals surface area contributed by atoms with Gasteiger partial charge in [0, 0.05) is 30.6 Å². The van der Waals surface area contributed by atoms with Crippen LogP contribution in [0, 0.1) is 0 Å². The van der Waals surface area contributed by atoms with Crippen LogP contribution in [0.5, 0.6) is 0 Å². The molecule has 2 aromatic rings. The van der Waals surface area contributed by atoms with Crippen molar-refractivity contribution in [3.8, 4) is 0 Å². The number of rotatable bonds is 2. The zero-order valence-electron chi connectivity index (χ0n) is 11.0. The number of methoxy groups -OCH3 is 1. The molecular weight excluding hydrogens is 304 g/mol. The molecule has 4 rings (SSSR count). The van der Waals surface area contributed by atoms with E-state index in [2.05, 4.69) is 43.8 Å². The van der Waals surface area contributed by atoms with E-state index in [9.17, 15) is 0 Å². The highest BCUT2D eigenvalue weighted by Crippen LogP contribution is 2.58. The summed E-state index contributed by atoms with van der Waals surface area (Å²) in [5.74, 6) is 0. The lowest BCUT2D eigenvalue weighted by molar-refractivity contribution is -0.000307. The molecular formula is C15H17BrN2O. The molecule has 0 amide bonds. The molecule has 2 aromatic heterocycles. The Labute approximate surface area is 121 Å². The van der Waals surface area contributed by atoms with Crippen molar-refractivity contribution in [3.63, 3.8) is 0 Å². The van der Waals surface area contributed by atoms with Crippen LogP contribution >= 0.6 is 15.9 Å². The summed E-state index contributed by atoms with van der Waals surface area (Å²) in [6, 6.07) is 4.12. The van der Waals surface area contributed by atoms with Gasteiger partial charge in [0.1, 0.15) is 0 Å². The summed E-state index contributed by atoms with van der Waals surface area (Å²) in [7, 11) is 1.87. The topological polar surface area (TPSA) is 26.5 Å². The third-order valence-corrected chi connectivity index (χ3v) is 5.86. The Kier molecular flexibility index (Phi) is 2.40. The minimum atomic E-state index is 0.135. The van der Waals surface area contributed by atoms with E-state index in [0.717, 1.165) is 16.5 Å². The first-order valence-corrected chi connectivity index (χ1v) is 7.65. The van der Waals surface area contributed by atoms with Crippen LogP contribution in [0.1, 0.15) is 37.8 Å². The monoisotopic (exact) mass is 320 g/mol. The number of hydrogen-bond acceptors (Lipinski definition) is 2. The molecule has 0 N–H and O–H groups in total. The Morgan fingerprint density at radius 3 is 2.79 bits per heavy atom. The van der Waals surface area contributed by atoms with Crippen LogP contribution in [-0.2, 0) is 10.2 Å². The van der Waals surface area contributed by atoms with Crippen molar-refractivity contribution in [2.75, 3.05) is 7.11 Å². The highest BCUT2D eigenvalue weighted by molar-refractivity contribution is 9.10. The molecule has 2 aliphatic carbocycles. The Balaban J connectivity index is 1.86. The van der Waals surface area contributed by atoms with Crippen molar-refractivity contribution in [2.45, 2.75) is 43.1 Å². The van der Waals surface area contributed by atoms with Crippen LogP contribution in [0.25, 0.3) is 5.65 Å². The van der Waals surface area contributed by atoms with Gasteiger partial charge in [-0.3, -0.25) is 0 Å². The molecule has 2 aliphatic rings. The van der Waals surface area contributed by atoms with Crippen molar-refractivity contribution in [1.82, 2.24) is 9.38 Å². The maximum atomic E-state index is 5.81. The van der Waals surface area contributed by atoms with Gasteiger partial charge in [-0.1, -0.05) is 0 Å². The second-order valence-corrected chi connectivity index (χ2v) is 6.89.